The summed E-state index contributed by atoms with van der Waals surface area (Å²) in [5.74, 6) is 0.343. The minimum absolute atomic E-state index is 0.228. The predicted molar refractivity (Wildman–Crippen MR) is 76.2 cm³/mol. The van der Waals surface area contributed by atoms with E-state index in [1.807, 2.05) is 0 Å². The molecule has 0 aromatic carbocycles. The van der Waals surface area contributed by atoms with Crippen LogP contribution in [0.3, 0.4) is 0 Å². The lowest BCUT2D eigenvalue weighted by Gasteiger charge is -2.15. The average molecular weight is 281 g/mol. The number of nitrogens with two attached hydrogens (primary N) is 2. The zero-order valence-electron chi connectivity index (χ0n) is 10.8. The molecule has 1 saturated carbocycles. The maximum Gasteiger partial charge on any atom is 0.255 e. The maximum absolute atomic E-state index is 11.3. The van der Waals surface area contributed by atoms with E-state index in [1.54, 1.807) is 0 Å². The number of nitrogens with one attached hydrogen (secondary N) is 1. The minimum Gasteiger partial charge on any atom is -0.382 e. The van der Waals surface area contributed by atoms with Crippen molar-refractivity contribution in [2.45, 2.75) is 25.3 Å². The number of carbonyl (C=O) groups is 1. The van der Waals surface area contributed by atoms with Crippen molar-refractivity contribution in [3.8, 4) is 0 Å². The third-order valence-corrected chi connectivity index (χ3v) is 4.72. The van der Waals surface area contributed by atoms with Crippen LogP contribution in [0, 0.1) is 5.92 Å². The molecule has 1 saturated heterocycles. The van der Waals surface area contributed by atoms with Gasteiger partial charge in [0.15, 0.2) is 5.82 Å². The normalized spacial score (nSPS) is 23.7. The lowest BCUT2D eigenvalue weighted by molar-refractivity contribution is 0.100. The summed E-state index contributed by atoms with van der Waals surface area (Å²) < 4.78 is 3.98. The van der Waals surface area contributed by atoms with Gasteiger partial charge in [-0.2, -0.15) is 4.37 Å². The molecule has 1 amide bonds. The van der Waals surface area contributed by atoms with Crippen LogP contribution in [-0.2, 0) is 0 Å². The van der Waals surface area contributed by atoms with Crippen molar-refractivity contribution in [1.82, 2.24) is 9.27 Å². The summed E-state index contributed by atoms with van der Waals surface area (Å²) in [5.41, 5.74) is 11.3. The van der Waals surface area contributed by atoms with Crippen molar-refractivity contribution < 1.29 is 4.79 Å². The third-order valence-electron chi connectivity index (χ3n) is 3.90. The molecule has 1 aromatic rings. The van der Waals surface area contributed by atoms with Crippen LogP contribution in [0.1, 0.15) is 29.6 Å². The molecule has 6 nitrogen and oxygen atoms in total. The van der Waals surface area contributed by atoms with Gasteiger partial charge in [0.25, 0.3) is 5.91 Å². The van der Waals surface area contributed by atoms with E-state index in [4.69, 9.17) is 11.5 Å². The first-order valence-electron chi connectivity index (χ1n) is 6.68. The highest BCUT2D eigenvalue weighted by Gasteiger charge is 2.34. The Morgan fingerprint density at radius 2 is 2.26 bits per heavy atom. The van der Waals surface area contributed by atoms with Gasteiger partial charge in [-0.15, -0.1) is 0 Å². The van der Waals surface area contributed by atoms with E-state index in [1.165, 1.54) is 37.3 Å². The number of carbonyl (C=O) groups excluding carboxylic acids is 1. The highest BCUT2D eigenvalue weighted by molar-refractivity contribution is 7.11. The monoisotopic (exact) mass is 281 g/mol. The fourth-order valence-electron chi connectivity index (χ4n) is 2.70. The van der Waals surface area contributed by atoms with Crippen LogP contribution in [-0.4, -0.2) is 40.9 Å². The Balaban J connectivity index is 1.56. The topological polar surface area (TPSA) is 97.3 Å². The summed E-state index contributed by atoms with van der Waals surface area (Å²) >= 11 is 1.21. The molecule has 7 heteroatoms. The van der Waals surface area contributed by atoms with Gasteiger partial charge in [-0.05, 0) is 43.3 Å². The van der Waals surface area contributed by atoms with Gasteiger partial charge in [0.05, 0.1) is 0 Å². The van der Waals surface area contributed by atoms with Gasteiger partial charge in [-0.25, -0.2) is 0 Å². The SMILES string of the molecule is NC(=O)c1c(N)nsc1NCC1CCN(C2CC2)C1. The average Bonchev–Trinajstić information content (AvgIpc) is 2.99. The molecule has 1 aromatic heterocycles. The Hall–Kier alpha value is -1.34. The second kappa shape index (κ2) is 4.97. The Kier molecular flexibility index (Phi) is 3.32. The lowest BCUT2D eigenvalue weighted by atomic mass is 10.1. The zero-order chi connectivity index (χ0) is 13.4. The molecule has 0 bridgehead atoms. The summed E-state index contributed by atoms with van der Waals surface area (Å²) in [6, 6.07) is 0.838. The van der Waals surface area contributed by atoms with E-state index in [9.17, 15) is 4.79 Å². The largest absolute Gasteiger partial charge is 0.382 e. The van der Waals surface area contributed by atoms with Crippen LogP contribution in [0.25, 0.3) is 0 Å². The molecule has 2 fully saturated rings. The van der Waals surface area contributed by atoms with Gasteiger partial charge < -0.3 is 21.7 Å². The van der Waals surface area contributed by atoms with Crippen LogP contribution in [0.15, 0.2) is 0 Å². The summed E-state index contributed by atoms with van der Waals surface area (Å²) in [4.78, 5) is 13.9. The van der Waals surface area contributed by atoms with E-state index in [-0.39, 0.29) is 5.82 Å². The molecular weight excluding hydrogens is 262 g/mol. The van der Waals surface area contributed by atoms with Crippen molar-refractivity contribution in [1.29, 1.82) is 0 Å². The van der Waals surface area contributed by atoms with E-state index < -0.39 is 5.91 Å². The number of anilines is 2. The van der Waals surface area contributed by atoms with Gasteiger partial charge >= 0.3 is 0 Å². The smallest absolute Gasteiger partial charge is 0.255 e. The molecular formula is C12H19N5OS. The number of likely N-dealkylation sites (tertiary alicyclic amines) is 1. The van der Waals surface area contributed by atoms with Crippen molar-refractivity contribution in [2.75, 3.05) is 30.7 Å². The quantitative estimate of drug-likeness (QED) is 0.739. The molecule has 1 aliphatic carbocycles. The Morgan fingerprint density at radius 3 is 2.95 bits per heavy atom. The Morgan fingerprint density at radius 1 is 1.47 bits per heavy atom. The van der Waals surface area contributed by atoms with Crippen molar-refractivity contribution in [3.63, 3.8) is 0 Å². The fraction of sp³-hybridized carbons (Fsp3) is 0.667. The Labute approximate surface area is 116 Å². The van der Waals surface area contributed by atoms with Gasteiger partial charge in [0.2, 0.25) is 0 Å². The summed E-state index contributed by atoms with van der Waals surface area (Å²) in [6.45, 7) is 3.20. The van der Waals surface area contributed by atoms with E-state index in [0.717, 1.165) is 19.1 Å². The molecule has 0 spiro atoms. The molecule has 0 radical (unpaired) electrons. The van der Waals surface area contributed by atoms with E-state index in [0.29, 0.717) is 16.5 Å². The first kappa shape index (κ1) is 12.7. The highest BCUT2D eigenvalue weighted by Crippen LogP contribution is 2.32. The number of rotatable bonds is 5. The second-order valence-electron chi connectivity index (χ2n) is 5.40. The minimum atomic E-state index is -0.514. The van der Waals surface area contributed by atoms with Gasteiger partial charge in [0.1, 0.15) is 10.6 Å². The molecule has 19 heavy (non-hydrogen) atoms. The zero-order valence-corrected chi connectivity index (χ0v) is 11.6. The van der Waals surface area contributed by atoms with Gasteiger partial charge in [-0.1, -0.05) is 0 Å². The van der Waals surface area contributed by atoms with Crippen LogP contribution in [0.2, 0.25) is 0 Å². The predicted octanol–water partition coefficient (Wildman–Crippen LogP) is 0.720. The first-order valence-corrected chi connectivity index (χ1v) is 7.45. The van der Waals surface area contributed by atoms with Gasteiger partial charge in [-0.3, -0.25) is 4.79 Å². The molecule has 1 unspecified atom stereocenters. The number of amides is 1. The second-order valence-corrected chi connectivity index (χ2v) is 6.17. The van der Waals surface area contributed by atoms with E-state index >= 15 is 0 Å². The Bertz CT molecular complexity index is 484. The van der Waals surface area contributed by atoms with Crippen LogP contribution >= 0.6 is 11.5 Å². The standard InChI is InChI=1S/C12H19N5OS/c13-10-9(11(14)18)12(19-16-10)15-5-7-3-4-17(6-7)8-1-2-8/h7-8,15H,1-6H2,(H2,13,16)(H2,14,18). The summed E-state index contributed by atoms with van der Waals surface area (Å²) in [7, 11) is 0. The summed E-state index contributed by atoms with van der Waals surface area (Å²) in [5, 5.41) is 3.99. The number of nitrogens with zero attached hydrogens (tertiary/aromatic N) is 2. The molecule has 1 aliphatic heterocycles. The molecule has 1 atom stereocenters. The number of aromatic nitrogens is 1. The number of hydrogen-bond donors (Lipinski definition) is 3. The van der Waals surface area contributed by atoms with E-state index in [2.05, 4.69) is 14.6 Å². The lowest BCUT2D eigenvalue weighted by Crippen LogP contribution is -2.25. The highest BCUT2D eigenvalue weighted by atomic mass is 32.1. The molecule has 3 rings (SSSR count). The maximum atomic E-state index is 11.3. The number of hydrogen-bond acceptors (Lipinski definition) is 6. The fourth-order valence-corrected chi connectivity index (χ4v) is 3.42. The molecule has 2 heterocycles. The summed E-state index contributed by atoms with van der Waals surface area (Å²) in [6.07, 6.45) is 3.93. The molecule has 2 aliphatic rings. The molecule has 5 N–H and O–H groups in total. The first-order chi connectivity index (χ1) is 9.15. The third kappa shape index (κ3) is 2.66. The van der Waals surface area contributed by atoms with Crippen molar-refractivity contribution >= 4 is 28.3 Å². The van der Waals surface area contributed by atoms with Crippen molar-refractivity contribution in [2.24, 2.45) is 11.7 Å². The van der Waals surface area contributed by atoms with Crippen LogP contribution < -0.4 is 16.8 Å². The van der Waals surface area contributed by atoms with Crippen LogP contribution in [0.5, 0.6) is 0 Å². The van der Waals surface area contributed by atoms with Gasteiger partial charge in [0, 0.05) is 19.1 Å². The number of nitrogen functional groups attached to an aromatic ring is 1. The van der Waals surface area contributed by atoms with Crippen LogP contribution in [0.4, 0.5) is 10.8 Å². The molecule has 104 valence electrons. The number of primary amides is 1. The van der Waals surface area contributed by atoms with Crippen molar-refractivity contribution in [3.05, 3.63) is 5.56 Å².